The summed E-state index contributed by atoms with van der Waals surface area (Å²) in [7, 11) is 0. The molecule has 1 aliphatic rings. The van der Waals surface area contributed by atoms with Gasteiger partial charge in [0.25, 0.3) is 5.56 Å². The fraction of sp³-hybridized carbons (Fsp3) is 0.148. The number of hydrogen-bond donors (Lipinski definition) is 2. The van der Waals surface area contributed by atoms with Crippen molar-refractivity contribution >= 4 is 18.1 Å². The minimum absolute atomic E-state index is 0.00978. The minimum Gasteiger partial charge on any atom is -0.475 e. The molecule has 0 radical (unpaired) electrons. The van der Waals surface area contributed by atoms with Gasteiger partial charge < -0.3 is 9.52 Å². The highest BCUT2D eigenvalue weighted by molar-refractivity contribution is 5.84. The molecule has 0 saturated carbocycles. The number of benzene rings is 2. The van der Waals surface area contributed by atoms with E-state index in [1.807, 2.05) is 36.4 Å². The van der Waals surface area contributed by atoms with Gasteiger partial charge in [0.1, 0.15) is 5.76 Å². The molecule has 34 heavy (non-hydrogen) atoms. The first kappa shape index (κ1) is 21.5. The number of carbonyl (C=O) groups is 1. The van der Waals surface area contributed by atoms with Gasteiger partial charge in [0.15, 0.2) is 0 Å². The van der Waals surface area contributed by atoms with Crippen LogP contribution in [0.2, 0.25) is 0 Å². The number of nitrogens with one attached hydrogen (secondary N) is 1. The Bertz CT molecular complexity index is 1550. The quantitative estimate of drug-likeness (QED) is 0.416. The van der Waals surface area contributed by atoms with Crippen molar-refractivity contribution in [3.63, 3.8) is 0 Å². The maximum Gasteiger partial charge on any atom is 0.371 e. The number of aromatic amines is 1. The highest BCUT2D eigenvalue weighted by Crippen LogP contribution is 2.38. The number of carboxylic acid groups (broad SMARTS) is 1. The Hall–Kier alpha value is -4.39. The van der Waals surface area contributed by atoms with Crippen LogP contribution in [0.25, 0.3) is 12.2 Å². The fourth-order valence-electron chi connectivity index (χ4n) is 4.45. The summed E-state index contributed by atoms with van der Waals surface area (Å²) in [6.45, 7) is 2.09. The molecule has 7 heteroatoms. The standard InChI is InChI=1S/C27H22N2O5/c1-2-16-7-11-21-18(13-16)9-8-17-5-3-4-6-20(17)24(21)22-15-29(27(33)28-25(22)30)14-19-10-12-23(34-19)26(31)32/h3-13,15,24H,2,14H2,1H3,(H,31,32)(H,28,30,33). The maximum absolute atomic E-state index is 13.1. The molecule has 1 atom stereocenters. The zero-order valence-corrected chi connectivity index (χ0v) is 18.4. The molecule has 0 saturated heterocycles. The molecule has 5 rings (SSSR count). The van der Waals surface area contributed by atoms with Crippen LogP contribution in [0.3, 0.4) is 0 Å². The molecule has 2 aromatic carbocycles. The number of carboxylic acids is 1. The van der Waals surface area contributed by atoms with Gasteiger partial charge in [-0.3, -0.25) is 14.3 Å². The molecule has 1 aliphatic carbocycles. The van der Waals surface area contributed by atoms with Gasteiger partial charge in [-0.2, -0.15) is 0 Å². The number of nitrogens with zero attached hydrogens (tertiary/aromatic N) is 1. The van der Waals surface area contributed by atoms with E-state index < -0.39 is 23.1 Å². The highest BCUT2D eigenvalue weighted by atomic mass is 16.4. The molecule has 7 nitrogen and oxygen atoms in total. The second-order valence-electron chi connectivity index (χ2n) is 8.25. The lowest BCUT2D eigenvalue weighted by Crippen LogP contribution is -2.33. The highest BCUT2D eigenvalue weighted by Gasteiger charge is 2.26. The van der Waals surface area contributed by atoms with Gasteiger partial charge in [0.05, 0.1) is 6.54 Å². The van der Waals surface area contributed by atoms with E-state index >= 15 is 0 Å². The predicted molar refractivity (Wildman–Crippen MR) is 128 cm³/mol. The van der Waals surface area contributed by atoms with Crippen LogP contribution in [-0.4, -0.2) is 20.6 Å². The minimum atomic E-state index is -1.19. The summed E-state index contributed by atoms with van der Waals surface area (Å²) in [5, 5.41) is 9.10. The van der Waals surface area contributed by atoms with Crippen molar-refractivity contribution < 1.29 is 14.3 Å². The Balaban J connectivity index is 1.68. The Morgan fingerprint density at radius 3 is 2.53 bits per heavy atom. The van der Waals surface area contributed by atoms with Crippen LogP contribution in [0.15, 0.2) is 74.8 Å². The zero-order valence-electron chi connectivity index (χ0n) is 18.4. The lowest BCUT2D eigenvalue weighted by Gasteiger charge is -2.21. The summed E-state index contributed by atoms with van der Waals surface area (Å²) in [4.78, 5) is 39.3. The monoisotopic (exact) mass is 454 g/mol. The molecule has 0 fully saturated rings. The third kappa shape index (κ3) is 3.81. The first-order valence-electron chi connectivity index (χ1n) is 11.0. The number of aromatic carboxylic acids is 1. The molecule has 170 valence electrons. The average molecular weight is 454 g/mol. The van der Waals surface area contributed by atoms with Crippen LogP contribution in [0, 0.1) is 0 Å². The van der Waals surface area contributed by atoms with E-state index in [0.717, 1.165) is 28.7 Å². The summed E-state index contributed by atoms with van der Waals surface area (Å²) in [6, 6.07) is 17.0. The number of H-pyrrole nitrogens is 1. The molecule has 2 aromatic heterocycles. The Labute approximate surface area is 194 Å². The van der Waals surface area contributed by atoms with E-state index in [4.69, 9.17) is 9.52 Å². The number of aryl methyl sites for hydroxylation is 1. The van der Waals surface area contributed by atoms with Crippen LogP contribution in [-0.2, 0) is 13.0 Å². The van der Waals surface area contributed by atoms with Gasteiger partial charge in [-0.25, -0.2) is 9.59 Å². The van der Waals surface area contributed by atoms with Crippen LogP contribution in [0.5, 0.6) is 0 Å². The van der Waals surface area contributed by atoms with E-state index in [0.29, 0.717) is 11.3 Å². The van der Waals surface area contributed by atoms with Crippen LogP contribution < -0.4 is 11.2 Å². The van der Waals surface area contributed by atoms with Crippen LogP contribution >= 0.6 is 0 Å². The van der Waals surface area contributed by atoms with Crippen LogP contribution in [0.4, 0.5) is 0 Å². The molecule has 0 amide bonds. The summed E-state index contributed by atoms with van der Waals surface area (Å²) in [5.74, 6) is -1.49. The van der Waals surface area contributed by atoms with Gasteiger partial charge >= 0.3 is 11.7 Å². The second-order valence-corrected chi connectivity index (χ2v) is 8.25. The SMILES string of the molecule is CCc1ccc2c(c1)C=Cc1ccccc1C2c1cn(Cc2ccc(C(=O)O)o2)c(=O)[nH]c1=O. The van der Waals surface area contributed by atoms with Crippen molar-refractivity contribution in [2.45, 2.75) is 25.8 Å². The maximum atomic E-state index is 13.1. The first-order chi connectivity index (χ1) is 16.4. The molecular weight excluding hydrogens is 432 g/mol. The van der Waals surface area contributed by atoms with Crippen molar-refractivity contribution in [3.8, 4) is 0 Å². The van der Waals surface area contributed by atoms with Gasteiger partial charge in [0, 0.05) is 17.7 Å². The van der Waals surface area contributed by atoms with Crippen molar-refractivity contribution in [2.75, 3.05) is 0 Å². The van der Waals surface area contributed by atoms with Crippen molar-refractivity contribution in [1.29, 1.82) is 0 Å². The smallest absolute Gasteiger partial charge is 0.371 e. The Morgan fingerprint density at radius 2 is 1.76 bits per heavy atom. The lowest BCUT2D eigenvalue weighted by atomic mass is 9.83. The van der Waals surface area contributed by atoms with E-state index in [1.165, 1.54) is 22.3 Å². The molecule has 4 aromatic rings. The second kappa shape index (κ2) is 8.51. The summed E-state index contributed by atoms with van der Waals surface area (Å²) in [5.41, 5.74) is 4.52. The van der Waals surface area contributed by atoms with E-state index in [1.54, 1.807) is 6.20 Å². The lowest BCUT2D eigenvalue weighted by molar-refractivity contribution is 0.0660. The van der Waals surface area contributed by atoms with Gasteiger partial charge in [0.2, 0.25) is 5.76 Å². The normalized spacial score (nSPS) is 14.3. The zero-order chi connectivity index (χ0) is 23.8. The number of hydrogen-bond acceptors (Lipinski definition) is 4. The summed E-state index contributed by atoms with van der Waals surface area (Å²) in [6.07, 6.45) is 6.56. The molecule has 2 heterocycles. The van der Waals surface area contributed by atoms with E-state index in [-0.39, 0.29) is 12.3 Å². The van der Waals surface area contributed by atoms with E-state index in [9.17, 15) is 14.4 Å². The molecule has 0 bridgehead atoms. The summed E-state index contributed by atoms with van der Waals surface area (Å²) < 4.78 is 6.65. The predicted octanol–water partition coefficient (Wildman–Crippen LogP) is 4.10. The summed E-state index contributed by atoms with van der Waals surface area (Å²) >= 11 is 0. The third-order valence-electron chi connectivity index (χ3n) is 6.17. The molecule has 0 aliphatic heterocycles. The van der Waals surface area contributed by atoms with Gasteiger partial charge in [-0.1, -0.05) is 61.5 Å². The third-order valence-corrected chi connectivity index (χ3v) is 6.17. The number of fused-ring (bicyclic) bond motifs is 2. The van der Waals surface area contributed by atoms with E-state index in [2.05, 4.69) is 30.1 Å². The van der Waals surface area contributed by atoms with Gasteiger partial charge in [-0.05, 0) is 46.4 Å². The number of rotatable bonds is 5. The van der Waals surface area contributed by atoms with Gasteiger partial charge in [-0.15, -0.1) is 0 Å². The van der Waals surface area contributed by atoms with Crippen molar-refractivity contribution in [3.05, 3.63) is 127 Å². The topological polar surface area (TPSA) is 105 Å². The molecular formula is C27H22N2O5. The Morgan fingerprint density at radius 1 is 1.00 bits per heavy atom. The molecule has 1 unspecified atom stereocenters. The molecule has 0 spiro atoms. The van der Waals surface area contributed by atoms with Crippen LogP contribution in [0.1, 0.15) is 62.5 Å². The number of furan rings is 1. The fourth-order valence-corrected chi connectivity index (χ4v) is 4.45. The first-order valence-corrected chi connectivity index (χ1v) is 11.0. The van der Waals surface area contributed by atoms with Crippen molar-refractivity contribution in [2.24, 2.45) is 0 Å². The largest absolute Gasteiger partial charge is 0.475 e. The number of aromatic nitrogens is 2. The molecule has 2 N–H and O–H groups in total. The Kier molecular flexibility index (Phi) is 5.37. The average Bonchev–Trinajstić information content (AvgIpc) is 3.24. The van der Waals surface area contributed by atoms with Crippen molar-refractivity contribution in [1.82, 2.24) is 9.55 Å².